The van der Waals surface area contributed by atoms with Crippen molar-refractivity contribution in [1.82, 2.24) is 4.72 Å². The predicted octanol–water partition coefficient (Wildman–Crippen LogP) is -1.13. The van der Waals surface area contributed by atoms with Crippen LogP contribution in [0.3, 0.4) is 0 Å². The summed E-state index contributed by atoms with van der Waals surface area (Å²) >= 11 is 0. The highest BCUT2D eigenvalue weighted by Gasteiger charge is 2.35. The van der Waals surface area contributed by atoms with Gasteiger partial charge in [-0.2, -0.15) is 0 Å². The lowest BCUT2D eigenvalue weighted by Crippen LogP contribution is -2.36. The maximum atomic E-state index is 11.2. The summed E-state index contributed by atoms with van der Waals surface area (Å²) in [6.07, 6.45) is 1.50. The van der Waals surface area contributed by atoms with Crippen LogP contribution in [0.2, 0.25) is 0 Å². The van der Waals surface area contributed by atoms with Gasteiger partial charge < -0.3 is 10.8 Å². The number of sulfonamides is 1. The van der Waals surface area contributed by atoms with Gasteiger partial charge in [0.05, 0.1) is 5.25 Å². The van der Waals surface area contributed by atoms with Gasteiger partial charge in [-0.05, 0) is 19.3 Å². The molecule has 4 N–H and O–H groups in total. The quantitative estimate of drug-likeness (QED) is 0.527. The predicted molar refractivity (Wildman–Crippen MR) is 50.2 cm³/mol. The second-order valence-corrected chi connectivity index (χ2v) is 5.42. The molecule has 7 heteroatoms. The Morgan fingerprint density at radius 2 is 2.14 bits per heavy atom. The van der Waals surface area contributed by atoms with Crippen LogP contribution in [0.1, 0.15) is 19.3 Å². The van der Waals surface area contributed by atoms with Crippen molar-refractivity contribution in [2.24, 2.45) is 5.73 Å². The van der Waals surface area contributed by atoms with E-state index in [-0.39, 0.29) is 18.2 Å². The first-order chi connectivity index (χ1) is 6.43. The first-order valence-corrected chi connectivity index (χ1v) is 5.95. The number of carbonyl (C=O) groups is 1. The van der Waals surface area contributed by atoms with Crippen LogP contribution in [0.4, 0.5) is 0 Å². The van der Waals surface area contributed by atoms with E-state index >= 15 is 0 Å². The molecular formula is C7H14N2O4S. The molecule has 14 heavy (non-hydrogen) atoms. The number of carboxylic acid groups (broad SMARTS) is 1. The highest BCUT2D eigenvalue weighted by atomic mass is 32.2. The van der Waals surface area contributed by atoms with Gasteiger partial charge in [0.25, 0.3) is 0 Å². The average molecular weight is 222 g/mol. The van der Waals surface area contributed by atoms with Crippen molar-refractivity contribution in [3.63, 3.8) is 0 Å². The number of rotatable bonds is 6. The second-order valence-electron chi connectivity index (χ2n) is 3.37. The molecule has 1 aliphatic rings. The third kappa shape index (κ3) is 3.24. The normalized spacial score (nSPS) is 19.2. The van der Waals surface area contributed by atoms with Crippen molar-refractivity contribution < 1.29 is 18.3 Å². The summed E-state index contributed by atoms with van der Waals surface area (Å²) in [6.45, 7) is 0.0896. The van der Waals surface area contributed by atoms with Crippen LogP contribution < -0.4 is 10.5 Å². The van der Waals surface area contributed by atoms with E-state index in [0.29, 0.717) is 12.8 Å². The number of hydrogen-bond acceptors (Lipinski definition) is 4. The second kappa shape index (κ2) is 4.24. The van der Waals surface area contributed by atoms with E-state index in [1.54, 1.807) is 0 Å². The van der Waals surface area contributed by atoms with Crippen molar-refractivity contribution in [2.75, 3.05) is 6.54 Å². The standard InChI is InChI=1S/C7H14N2O4S/c8-6(7(10)11)3-4-9-14(12,13)5-1-2-5/h5-6,9H,1-4,8H2,(H,10,11)/t6-/m0/s1. The van der Waals surface area contributed by atoms with Crippen LogP contribution in [0, 0.1) is 0 Å². The van der Waals surface area contributed by atoms with Gasteiger partial charge in [-0.15, -0.1) is 0 Å². The Hall–Kier alpha value is -0.660. The van der Waals surface area contributed by atoms with E-state index in [2.05, 4.69) is 4.72 Å². The van der Waals surface area contributed by atoms with Crippen LogP contribution in [0.5, 0.6) is 0 Å². The molecule has 0 saturated heterocycles. The molecule has 0 heterocycles. The van der Waals surface area contributed by atoms with Crippen molar-refractivity contribution >= 4 is 16.0 Å². The van der Waals surface area contributed by atoms with Gasteiger partial charge in [-0.1, -0.05) is 0 Å². The molecule has 0 aromatic rings. The molecule has 1 aliphatic carbocycles. The van der Waals surface area contributed by atoms with E-state index in [1.165, 1.54) is 0 Å². The fraction of sp³-hybridized carbons (Fsp3) is 0.857. The SMILES string of the molecule is N[C@@H](CCNS(=O)(=O)C1CC1)C(=O)O. The molecule has 1 fully saturated rings. The summed E-state index contributed by atoms with van der Waals surface area (Å²) in [5, 5.41) is 8.16. The maximum absolute atomic E-state index is 11.2. The van der Waals surface area contributed by atoms with Crippen LogP contribution >= 0.6 is 0 Å². The molecule has 0 aliphatic heterocycles. The molecule has 82 valence electrons. The minimum atomic E-state index is -3.21. The van der Waals surface area contributed by atoms with E-state index in [1.807, 2.05) is 0 Å². The van der Waals surface area contributed by atoms with Gasteiger partial charge in [0, 0.05) is 6.54 Å². The summed E-state index contributed by atoms with van der Waals surface area (Å²) < 4.78 is 24.8. The first-order valence-electron chi connectivity index (χ1n) is 4.40. The van der Waals surface area contributed by atoms with Gasteiger partial charge in [0.15, 0.2) is 0 Å². The smallest absolute Gasteiger partial charge is 0.320 e. The highest BCUT2D eigenvalue weighted by molar-refractivity contribution is 7.90. The van der Waals surface area contributed by atoms with Gasteiger partial charge in [-0.25, -0.2) is 13.1 Å². The zero-order valence-corrected chi connectivity index (χ0v) is 8.46. The summed E-state index contributed by atoms with van der Waals surface area (Å²) in [4.78, 5) is 10.3. The molecular weight excluding hydrogens is 208 g/mol. The molecule has 0 aromatic heterocycles. The summed E-state index contributed by atoms with van der Waals surface area (Å²) in [5.41, 5.74) is 5.20. The van der Waals surface area contributed by atoms with Crippen LogP contribution in [-0.4, -0.2) is 37.3 Å². The van der Waals surface area contributed by atoms with Crippen LogP contribution in [0.25, 0.3) is 0 Å². The summed E-state index contributed by atoms with van der Waals surface area (Å²) in [5.74, 6) is -1.12. The molecule has 0 radical (unpaired) electrons. The maximum Gasteiger partial charge on any atom is 0.320 e. The van der Waals surface area contributed by atoms with E-state index in [0.717, 1.165) is 0 Å². The minimum Gasteiger partial charge on any atom is -0.480 e. The van der Waals surface area contributed by atoms with Crippen molar-refractivity contribution in [3.05, 3.63) is 0 Å². The van der Waals surface area contributed by atoms with E-state index in [9.17, 15) is 13.2 Å². The van der Waals surface area contributed by atoms with Gasteiger partial charge in [-0.3, -0.25) is 4.79 Å². The minimum absolute atomic E-state index is 0.0896. The number of nitrogens with one attached hydrogen (secondary N) is 1. The number of carboxylic acids is 1. The number of aliphatic carboxylic acids is 1. The third-order valence-corrected chi connectivity index (χ3v) is 3.99. The Bertz CT molecular complexity index is 310. The zero-order chi connectivity index (χ0) is 10.8. The Morgan fingerprint density at radius 1 is 1.57 bits per heavy atom. The summed E-state index contributed by atoms with van der Waals surface area (Å²) in [7, 11) is -3.21. The van der Waals surface area contributed by atoms with Crippen molar-refractivity contribution in [3.8, 4) is 0 Å². The van der Waals surface area contributed by atoms with Gasteiger partial charge in [0.2, 0.25) is 10.0 Å². The molecule has 6 nitrogen and oxygen atoms in total. The molecule has 1 saturated carbocycles. The van der Waals surface area contributed by atoms with Crippen molar-refractivity contribution in [2.45, 2.75) is 30.6 Å². The molecule has 0 aromatic carbocycles. The zero-order valence-electron chi connectivity index (χ0n) is 7.64. The monoisotopic (exact) mass is 222 g/mol. The third-order valence-electron chi connectivity index (χ3n) is 2.04. The number of hydrogen-bond donors (Lipinski definition) is 3. The van der Waals surface area contributed by atoms with E-state index < -0.39 is 22.0 Å². The molecule has 0 unspecified atom stereocenters. The topological polar surface area (TPSA) is 109 Å². The fourth-order valence-corrected chi connectivity index (χ4v) is 2.37. The Labute approximate surface area is 82.5 Å². The van der Waals surface area contributed by atoms with Gasteiger partial charge >= 0.3 is 5.97 Å². The van der Waals surface area contributed by atoms with Crippen molar-refractivity contribution in [1.29, 1.82) is 0 Å². The van der Waals surface area contributed by atoms with Crippen LogP contribution in [-0.2, 0) is 14.8 Å². The first kappa shape index (κ1) is 11.4. The molecule has 0 bridgehead atoms. The number of nitrogens with two attached hydrogens (primary N) is 1. The lowest BCUT2D eigenvalue weighted by atomic mass is 10.2. The highest BCUT2D eigenvalue weighted by Crippen LogP contribution is 2.27. The Balaban J connectivity index is 2.24. The Kier molecular flexibility index (Phi) is 3.46. The Morgan fingerprint density at radius 3 is 2.57 bits per heavy atom. The molecule has 1 rings (SSSR count). The van der Waals surface area contributed by atoms with Crippen LogP contribution in [0.15, 0.2) is 0 Å². The lowest BCUT2D eigenvalue weighted by Gasteiger charge is -2.07. The van der Waals surface area contributed by atoms with E-state index in [4.69, 9.17) is 10.8 Å². The summed E-state index contributed by atoms with van der Waals surface area (Å²) in [6, 6.07) is -1.00. The average Bonchev–Trinajstić information content (AvgIpc) is 2.85. The largest absolute Gasteiger partial charge is 0.480 e. The molecule has 0 amide bonds. The molecule has 0 spiro atoms. The fourth-order valence-electron chi connectivity index (χ4n) is 0.976. The van der Waals surface area contributed by atoms with Gasteiger partial charge in [0.1, 0.15) is 6.04 Å². The molecule has 1 atom stereocenters. The lowest BCUT2D eigenvalue weighted by molar-refractivity contribution is -0.138.